The average Bonchev–Trinajstić information content (AvgIpc) is 3.19. The van der Waals surface area contributed by atoms with Gasteiger partial charge in [-0.25, -0.2) is 4.99 Å². The molecule has 6 nitrogen and oxygen atoms in total. The van der Waals surface area contributed by atoms with Crippen LogP contribution < -0.4 is 10.6 Å². The number of aromatic nitrogens is 2. The van der Waals surface area contributed by atoms with E-state index in [1.807, 2.05) is 24.3 Å². The van der Waals surface area contributed by atoms with Crippen LogP contribution in [0.25, 0.3) is 17.0 Å². The summed E-state index contributed by atoms with van der Waals surface area (Å²) in [5, 5.41) is 14.6. The Morgan fingerprint density at radius 2 is 1.85 bits per heavy atom. The van der Waals surface area contributed by atoms with Crippen LogP contribution in [0.1, 0.15) is 44.1 Å². The van der Waals surface area contributed by atoms with Crippen molar-refractivity contribution in [3.63, 3.8) is 0 Å². The Hall–Kier alpha value is -2.63. The number of H-pyrrole nitrogens is 1. The first-order valence-corrected chi connectivity index (χ1v) is 9.97. The third kappa shape index (κ3) is 2.58. The first-order chi connectivity index (χ1) is 13.1. The Kier molecular flexibility index (Phi) is 3.11. The maximum Gasteiger partial charge on any atom is 0.276 e. The Morgan fingerprint density at radius 1 is 1.11 bits per heavy atom. The molecule has 0 spiro atoms. The van der Waals surface area contributed by atoms with E-state index in [0.29, 0.717) is 11.7 Å². The van der Waals surface area contributed by atoms with E-state index < -0.39 is 0 Å². The summed E-state index contributed by atoms with van der Waals surface area (Å²) in [6, 6.07) is 5.96. The van der Waals surface area contributed by atoms with Gasteiger partial charge in [-0.1, -0.05) is 6.07 Å². The fraction of sp³-hybridized carbons (Fsp3) is 0.476. The minimum Gasteiger partial charge on any atom is -0.350 e. The molecule has 27 heavy (non-hydrogen) atoms. The van der Waals surface area contributed by atoms with Gasteiger partial charge < -0.3 is 5.32 Å². The van der Waals surface area contributed by atoms with Crippen LogP contribution in [0.4, 0.5) is 0 Å². The van der Waals surface area contributed by atoms with Crippen molar-refractivity contribution in [1.82, 2.24) is 20.8 Å². The molecule has 7 rings (SSSR count). The second-order valence-corrected chi connectivity index (χ2v) is 8.98. The Balaban J connectivity index is 1.26. The third-order valence-corrected chi connectivity index (χ3v) is 6.89. The lowest BCUT2D eigenvalue weighted by atomic mass is 9.53. The number of fused-ring (bicyclic) bond motifs is 1. The molecule has 1 aromatic carbocycles. The lowest BCUT2D eigenvalue weighted by molar-refractivity contribution is -0.115. The van der Waals surface area contributed by atoms with E-state index in [1.54, 1.807) is 6.20 Å². The molecule has 4 fully saturated rings. The lowest BCUT2D eigenvalue weighted by Gasteiger charge is -2.57. The van der Waals surface area contributed by atoms with Crippen LogP contribution in [-0.4, -0.2) is 27.6 Å². The number of benzene rings is 1. The fourth-order valence-corrected chi connectivity index (χ4v) is 6.25. The zero-order valence-corrected chi connectivity index (χ0v) is 15.2. The highest BCUT2D eigenvalue weighted by Gasteiger charge is 2.51. The minimum absolute atomic E-state index is 0.130. The summed E-state index contributed by atoms with van der Waals surface area (Å²) in [6.45, 7) is 0. The van der Waals surface area contributed by atoms with Crippen LogP contribution in [0.3, 0.4) is 0 Å². The van der Waals surface area contributed by atoms with Gasteiger partial charge in [0.25, 0.3) is 5.91 Å². The maximum absolute atomic E-state index is 12.4. The van der Waals surface area contributed by atoms with E-state index in [0.717, 1.165) is 34.2 Å². The van der Waals surface area contributed by atoms with Gasteiger partial charge in [-0.05, 0) is 80.1 Å². The monoisotopic (exact) mass is 361 g/mol. The molecular weight excluding hydrogens is 338 g/mol. The van der Waals surface area contributed by atoms with E-state index in [-0.39, 0.29) is 11.4 Å². The van der Waals surface area contributed by atoms with Gasteiger partial charge in [0.1, 0.15) is 5.70 Å². The number of rotatable bonds is 2. The first kappa shape index (κ1) is 15.4. The zero-order chi connectivity index (χ0) is 18.0. The number of nitrogens with one attached hydrogen (secondary N) is 3. The van der Waals surface area contributed by atoms with Crippen molar-refractivity contribution in [3.8, 4) is 0 Å². The van der Waals surface area contributed by atoms with Crippen LogP contribution in [0.2, 0.25) is 0 Å². The van der Waals surface area contributed by atoms with Crippen LogP contribution in [0, 0.1) is 17.8 Å². The smallest absolute Gasteiger partial charge is 0.276 e. The van der Waals surface area contributed by atoms with Crippen molar-refractivity contribution in [2.75, 3.05) is 0 Å². The second-order valence-electron chi connectivity index (χ2n) is 8.98. The van der Waals surface area contributed by atoms with Gasteiger partial charge in [-0.15, -0.1) is 0 Å². The lowest BCUT2D eigenvalue weighted by Crippen LogP contribution is -2.61. The minimum atomic E-state index is -0.130. The number of carbonyl (C=O) groups excluding carboxylic acids is 1. The van der Waals surface area contributed by atoms with Gasteiger partial charge in [0.2, 0.25) is 5.96 Å². The molecular formula is C21H23N5O. The first-order valence-electron chi connectivity index (χ1n) is 9.97. The number of nitrogens with zero attached hydrogens (tertiary/aromatic N) is 2. The van der Waals surface area contributed by atoms with Gasteiger partial charge in [0.05, 0.1) is 11.7 Å². The third-order valence-electron chi connectivity index (χ3n) is 6.89. The summed E-state index contributed by atoms with van der Waals surface area (Å²) in [5.74, 6) is 3.08. The molecule has 1 amide bonds. The molecule has 4 aliphatic carbocycles. The largest absolute Gasteiger partial charge is 0.350 e. The van der Waals surface area contributed by atoms with Crippen LogP contribution >= 0.6 is 0 Å². The van der Waals surface area contributed by atoms with E-state index in [4.69, 9.17) is 0 Å². The van der Waals surface area contributed by atoms with E-state index in [2.05, 4.69) is 25.8 Å². The quantitative estimate of drug-likeness (QED) is 0.719. The molecule has 2 aromatic rings. The molecule has 0 unspecified atom stereocenters. The molecule has 0 radical (unpaired) electrons. The molecule has 5 aliphatic rings. The van der Waals surface area contributed by atoms with Crippen molar-refractivity contribution in [2.45, 2.75) is 44.1 Å². The molecule has 3 N–H and O–H groups in total. The summed E-state index contributed by atoms with van der Waals surface area (Å²) < 4.78 is 0. The van der Waals surface area contributed by atoms with Crippen molar-refractivity contribution >= 4 is 28.8 Å². The van der Waals surface area contributed by atoms with E-state index >= 15 is 0 Å². The van der Waals surface area contributed by atoms with Crippen molar-refractivity contribution < 1.29 is 4.79 Å². The Labute approximate surface area is 157 Å². The summed E-state index contributed by atoms with van der Waals surface area (Å²) in [5.41, 5.74) is 2.55. The van der Waals surface area contributed by atoms with Crippen LogP contribution in [0.5, 0.6) is 0 Å². The van der Waals surface area contributed by atoms with Crippen molar-refractivity contribution in [1.29, 1.82) is 0 Å². The maximum atomic E-state index is 12.4. The number of amides is 1. The molecule has 1 aliphatic heterocycles. The summed E-state index contributed by atoms with van der Waals surface area (Å²) in [6.07, 6.45) is 11.5. The zero-order valence-electron chi connectivity index (χ0n) is 15.2. The van der Waals surface area contributed by atoms with Gasteiger partial charge in [0, 0.05) is 10.9 Å². The number of guanidine groups is 1. The van der Waals surface area contributed by atoms with Gasteiger partial charge in [-0.2, -0.15) is 5.10 Å². The molecule has 1 aromatic heterocycles. The Bertz CT molecular complexity index is 966. The molecule has 138 valence electrons. The molecule has 6 heteroatoms. The summed E-state index contributed by atoms with van der Waals surface area (Å²) in [4.78, 5) is 17.0. The van der Waals surface area contributed by atoms with Gasteiger partial charge >= 0.3 is 0 Å². The van der Waals surface area contributed by atoms with Gasteiger partial charge in [-0.3, -0.25) is 15.2 Å². The highest BCUT2D eigenvalue weighted by Crippen LogP contribution is 2.55. The normalized spacial score (nSPS) is 35.7. The summed E-state index contributed by atoms with van der Waals surface area (Å²) >= 11 is 0. The highest BCUT2D eigenvalue weighted by molar-refractivity contribution is 6.14. The SMILES string of the molecule is O=C1NC(NC23CC4CC(CC(C4)C2)C3)=N/C1=C\c1ccc2[nH]ncc2c1. The number of hydrogen-bond acceptors (Lipinski definition) is 4. The number of hydrogen-bond donors (Lipinski definition) is 3. The highest BCUT2D eigenvalue weighted by atomic mass is 16.2. The average molecular weight is 361 g/mol. The fourth-order valence-electron chi connectivity index (χ4n) is 6.25. The summed E-state index contributed by atoms with van der Waals surface area (Å²) in [7, 11) is 0. The Morgan fingerprint density at radius 3 is 2.59 bits per heavy atom. The number of aromatic amines is 1. The van der Waals surface area contributed by atoms with Gasteiger partial charge in [0.15, 0.2) is 0 Å². The van der Waals surface area contributed by atoms with E-state index in [1.165, 1.54) is 38.5 Å². The standard InChI is InChI=1S/C21H23N5O/c27-19-18(7-12-1-2-17-16(6-12)11-22-26-17)23-20(24-19)25-21-8-13-3-14(9-21)5-15(4-13)10-21/h1-2,6-7,11,13-15H,3-5,8-10H2,(H,22,26)(H2,23,24,25,27)/b18-7-. The van der Waals surface area contributed by atoms with Crippen LogP contribution in [0.15, 0.2) is 35.1 Å². The molecule has 4 bridgehead atoms. The predicted octanol–water partition coefficient (Wildman–Crippen LogP) is 2.95. The molecule has 2 heterocycles. The van der Waals surface area contributed by atoms with Crippen molar-refractivity contribution in [2.24, 2.45) is 22.7 Å². The van der Waals surface area contributed by atoms with E-state index in [9.17, 15) is 4.79 Å². The molecule has 0 atom stereocenters. The van der Waals surface area contributed by atoms with Crippen LogP contribution in [-0.2, 0) is 4.79 Å². The molecule has 0 saturated heterocycles. The number of aliphatic imine (C=N–C) groups is 1. The predicted molar refractivity (Wildman–Crippen MR) is 104 cm³/mol. The topological polar surface area (TPSA) is 82.2 Å². The van der Waals surface area contributed by atoms with Crippen molar-refractivity contribution in [3.05, 3.63) is 35.7 Å². The molecule has 4 saturated carbocycles. The second kappa shape index (κ2) is 5.44. The number of carbonyl (C=O) groups is 1.